The van der Waals surface area contributed by atoms with Gasteiger partial charge < -0.3 is 19.3 Å². The summed E-state index contributed by atoms with van der Waals surface area (Å²) in [5, 5.41) is 2.34. The van der Waals surface area contributed by atoms with Crippen LogP contribution < -0.4 is 5.32 Å². The van der Waals surface area contributed by atoms with Crippen LogP contribution in [-0.2, 0) is 44.4 Å². The van der Waals surface area contributed by atoms with Gasteiger partial charge in [-0.1, -0.05) is 30.3 Å². The Bertz CT molecular complexity index is 1250. The maximum atomic E-state index is 13.1. The van der Waals surface area contributed by atoms with Crippen molar-refractivity contribution in [3.8, 4) is 0 Å². The summed E-state index contributed by atoms with van der Waals surface area (Å²) in [7, 11) is 0. The molecule has 0 radical (unpaired) electrons. The third-order valence-corrected chi connectivity index (χ3v) is 7.78. The van der Waals surface area contributed by atoms with Crippen LogP contribution >= 0.6 is 0 Å². The third kappa shape index (κ3) is 3.83. The standard InChI is InChI=1S/C27H27N3O6/c31-23-7-6-22(24(32)28-23)30-14-18-13-21-19(12-20(18)25(30)33)16-36-27(21)8-10-29(11-9-27)26(34)35-15-17-4-2-1-3-5-17/h1-5,12-13,22H,6-11,14-16H2,(H,28,31,32). The van der Waals surface area contributed by atoms with Crippen LogP contribution in [0.1, 0.15) is 58.3 Å². The van der Waals surface area contributed by atoms with E-state index in [1.54, 1.807) is 9.80 Å². The summed E-state index contributed by atoms with van der Waals surface area (Å²) in [6.45, 7) is 2.02. The first-order valence-electron chi connectivity index (χ1n) is 12.3. The molecule has 6 rings (SSSR count). The molecule has 0 aromatic heterocycles. The first kappa shape index (κ1) is 22.7. The van der Waals surface area contributed by atoms with Crippen molar-refractivity contribution in [3.05, 3.63) is 70.3 Å². The number of nitrogens with one attached hydrogen (secondary N) is 1. The Kier molecular flexibility index (Phi) is 5.52. The molecule has 0 bridgehead atoms. The molecule has 36 heavy (non-hydrogen) atoms. The van der Waals surface area contributed by atoms with Crippen LogP contribution in [0.15, 0.2) is 42.5 Å². The Balaban J connectivity index is 1.14. The molecule has 186 valence electrons. The highest BCUT2D eigenvalue weighted by Crippen LogP contribution is 2.46. The summed E-state index contributed by atoms with van der Waals surface area (Å²) < 4.78 is 11.8. The maximum absolute atomic E-state index is 13.1. The van der Waals surface area contributed by atoms with Crippen LogP contribution in [0.5, 0.6) is 0 Å². The monoisotopic (exact) mass is 489 g/mol. The lowest BCUT2D eigenvalue weighted by molar-refractivity contribution is -0.136. The first-order chi connectivity index (χ1) is 17.4. The highest BCUT2D eigenvalue weighted by molar-refractivity contribution is 6.05. The maximum Gasteiger partial charge on any atom is 0.410 e. The minimum absolute atomic E-state index is 0.181. The number of ether oxygens (including phenoxy) is 2. The molecular formula is C27H27N3O6. The lowest BCUT2D eigenvalue weighted by atomic mass is 9.82. The number of piperidine rings is 2. The van der Waals surface area contributed by atoms with Crippen molar-refractivity contribution >= 4 is 23.8 Å². The van der Waals surface area contributed by atoms with Crippen molar-refractivity contribution in [1.29, 1.82) is 0 Å². The number of likely N-dealkylation sites (tertiary alicyclic amines) is 1. The number of fused-ring (bicyclic) bond motifs is 3. The molecule has 4 aliphatic rings. The van der Waals surface area contributed by atoms with Gasteiger partial charge in [0.15, 0.2) is 0 Å². The molecule has 2 fully saturated rings. The van der Waals surface area contributed by atoms with Gasteiger partial charge in [0, 0.05) is 31.6 Å². The fourth-order valence-corrected chi connectivity index (χ4v) is 5.77. The quantitative estimate of drug-likeness (QED) is 0.665. The molecule has 4 heterocycles. The smallest absolute Gasteiger partial charge is 0.410 e. The summed E-state index contributed by atoms with van der Waals surface area (Å²) in [6, 6.07) is 12.9. The van der Waals surface area contributed by atoms with Gasteiger partial charge in [-0.2, -0.15) is 0 Å². The first-order valence-corrected chi connectivity index (χ1v) is 12.3. The Morgan fingerprint density at radius 2 is 1.86 bits per heavy atom. The fraction of sp³-hybridized carbons (Fsp3) is 0.407. The van der Waals surface area contributed by atoms with Crippen LogP contribution in [0.3, 0.4) is 0 Å². The van der Waals surface area contributed by atoms with E-state index >= 15 is 0 Å². The van der Waals surface area contributed by atoms with Crippen LogP contribution in [0.25, 0.3) is 0 Å². The highest BCUT2D eigenvalue weighted by Gasteiger charge is 2.46. The largest absolute Gasteiger partial charge is 0.445 e. The predicted molar refractivity (Wildman–Crippen MR) is 126 cm³/mol. The van der Waals surface area contributed by atoms with E-state index in [1.807, 2.05) is 42.5 Å². The predicted octanol–water partition coefficient (Wildman–Crippen LogP) is 2.61. The van der Waals surface area contributed by atoms with E-state index in [9.17, 15) is 19.2 Å². The van der Waals surface area contributed by atoms with Crippen molar-refractivity contribution < 1.29 is 28.7 Å². The zero-order chi connectivity index (χ0) is 24.9. The van der Waals surface area contributed by atoms with Gasteiger partial charge in [0.2, 0.25) is 11.8 Å². The number of imide groups is 1. The number of hydrogen-bond donors (Lipinski definition) is 1. The van der Waals surface area contributed by atoms with E-state index in [4.69, 9.17) is 9.47 Å². The molecule has 1 unspecified atom stereocenters. The average Bonchev–Trinajstić information content (AvgIpc) is 3.39. The van der Waals surface area contributed by atoms with Gasteiger partial charge in [-0.25, -0.2) is 4.79 Å². The van der Waals surface area contributed by atoms with Gasteiger partial charge in [0.25, 0.3) is 5.91 Å². The Morgan fingerprint density at radius 3 is 2.61 bits per heavy atom. The van der Waals surface area contributed by atoms with E-state index in [2.05, 4.69) is 5.32 Å². The van der Waals surface area contributed by atoms with E-state index in [1.165, 1.54) is 0 Å². The van der Waals surface area contributed by atoms with Crippen molar-refractivity contribution in [2.75, 3.05) is 13.1 Å². The molecule has 0 aliphatic carbocycles. The molecule has 9 nitrogen and oxygen atoms in total. The van der Waals surface area contributed by atoms with Gasteiger partial charge in [-0.15, -0.1) is 0 Å². The zero-order valence-corrected chi connectivity index (χ0v) is 19.8. The van der Waals surface area contributed by atoms with Gasteiger partial charge in [-0.3, -0.25) is 19.7 Å². The Hall–Kier alpha value is -3.72. The highest BCUT2D eigenvalue weighted by atomic mass is 16.6. The number of rotatable bonds is 3. The van der Waals surface area contributed by atoms with E-state index in [0.29, 0.717) is 51.1 Å². The zero-order valence-electron chi connectivity index (χ0n) is 19.8. The second kappa shape index (κ2) is 8.74. The molecule has 1 spiro atoms. The van der Waals surface area contributed by atoms with Crippen molar-refractivity contribution in [2.24, 2.45) is 0 Å². The van der Waals surface area contributed by atoms with Crippen LogP contribution in [0.4, 0.5) is 4.79 Å². The van der Waals surface area contributed by atoms with E-state index in [0.717, 1.165) is 22.3 Å². The average molecular weight is 490 g/mol. The fourth-order valence-electron chi connectivity index (χ4n) is 5.77. The number of carbonyl (C=O) groups is 4. The second-order valence-electron chi connectivity index (χ2n) is 9.88. The summed E-state index contributed by atoms with van der Waals surface area (Å²) in [5.74, 6) is -0.890. The van der Waals surface area contributed by atoms with Crippen LogP contribution in [0, 0.1) is 0 Å². The third-order valence-electron chi connectivity index (χ3n) is 7.78. The normalized spacial score (nSPS) is 22.4. The molecule has 1 N–H and O–H groups in total. The topological polar surface area (TPSA) is 105 Å². The van der Waals surface area contributed by atoms with Crippen molar-refractivity contribution in [3.63, 3.8) is 0 Å². The van der Waals surface area contributed by atoms with Crippen molar-refractivity contribution in [2.45, 2.75) is 57.1 Å². The summed E-state index contributed by atoms with van der Waals surface area (Å²) in [6.07, 6.45) is 1.53. The van der Waals surface area contributed by atoms with E-state index in [-0.39, 0.29) is 30.9 Å². The van der Waals surface area contributed by atoms with Crippen LogP contribution in [0.2, 0.25) is 0 Å². The number of hydrogen-bond acceptors (Lipinski definition) is 6. The lowest BCUT2D eigenvalue weighted by Crippen LogP contribution is -2.52. The van der Waals surface area contributed by atoms with Crippen molar-refractivity contribution in [1.82, 2.24) is 15.1 Å². The van der Waals surface area contributed by atoms with Gasteiger partial charge >= 0.3 is 6.09 Å². The van der Waals surface area contributed by atoms with E-state index < -0.39 is 17.6 Å². The molecular weight excluding hydrogens is 462 g/mol. The number of carbonyl (C=O) groups excluding carboxylic acids is 4. The van der Waals surface area contributed by atoms with Crippen LogP contribution in [-0.4, -0.2) is 52.7 Å². The number of amides is 4. The van der Waals surface area contributed by atoms with Gasteiger partial charge in [0.1, 0.15) is 12.6 Å². The van der Waals surface area contributed by atoms with Gasteiger partial charge in [-0.05, 0) is 53.6 Å². The molecule has 0 saturated carbocycles. The molecule has 9 heteroatoms. The Labute approximate surface area is 208 Å². The summed E-state index contributed by atoms with van der Waals surface area (Å²) >= 11 is 0. The Morgan fingerprint density at radius 1 is 1.08 bits per heavy atom. The van der Waals surface area contributed by atoms with Gasteiger partial charge in [0.05, 0.1) is 12.2 Å². The summed E-state index contributed by atoms with van der Waals surface area (Å²) in [4.78, 5) is 52.9. The summed E-state index contributed by atoms with van der Waals surface area (Å²) in [5.41, 5.74) is 3.97. The minimum atomic E-state index is -0.632. The molecule has 1 atom stereocenters. The molecule has 4 aliphatic heterocycles. The lowest BCUT2D eigenvalue weighted by Gasteiger charge is -2.38. The minimum Gasteiger partial charge on any atom is -0.445 e. The molecule has 2 aromatic carbocycles. The molecule has 4 amide bonds. The molecule has 2 saturated heterocycles. The molecule has 2 aromatic rings. The SMILES string of the molecule is O=C1CCC(N2Cc3cc4c(cc3C2=O)COC42CCN(C(=O)OCc3ccccc3)CC2)C(=O)N1. The second-order valence-corrected chi connectivity index (χ2v) is 9.88. The number of nitrogens with zero attached hydrogens (tertiary/aromatic N) is 2. The number of benzene rings is 2.